The summed E-state index contributed by atoms with van der Waals surface area (Å²) in [7, 11) is 0. The fraction of sp³-hybridized carbons (Fsp3) is 0.231. The molecule has 2 rings (SSSR count). The van der Waals surface area contributed by atoms with Crippen LogP contribution in [-0.4, -0.2) is 22.0 Å². The monoisotopic (exact) mass is 332 g/mol. The third-order valence-electron chi connectivity index (χ3n) is 2.60. The minimum absolute atomic E-state index is 0.179. The van der Waals surface area contributed by atoms with Gasteiger partial charge in [0.25, 0.3) is 0 Å². The van der Waals surface area contributed by atoms with Gasteiger partial charge in [-0.1, -0.05) is 23.7 Å². The Hall–Kier alpha value is -2.22. The maximum absolute atomic E-state index is 12.2. The van der Waals surface area contributed by atoms with E-state index in [4.69, 9.17) is 11.6 Å². The van der Waals surface area contributed by atoms with Crippen molar-refractivity contribution < 1.29 is 18.0 Å². The lowest BCUT2D eigenvalue weighted by Gasteiger charge is -2.06. The van der Waals surface area contributed by atoms with Gasteiger partial charge in [-0.2, -0.15) is 18.3 Å². The first-order valence-corrected chi connectivity index (χ1v) is 6.58. The number of nitrogens with zero attached hydrogens (tertiary/aromatic N) is 2. The lowest BCUT2D eigenvalue weighted by atomic mass is 10.2. The van der Waals surface area contributed by atoms with Gasteiger partial charge < -0.3 is 10.6 Å². The molecule has 1 aromatic heterocycles. The fourth-order valence-electron chi connectivity index (χ4n) is 1.66. The zero-order chi connectivity index (χ0) is 16.2. The number of aromatic nitrogens is 2. The Morgan fingerprint density at radius 1 is 1.27 bits per heavy atom. The van der Waals surface area contributed by atoms with Gasteiger partial charge in [0.2, 0.25) is 0 Å². The zero-order valence-corrected chi connectivity index (χ0v) is 11.9. The second-order valence-corrected chi connectivity index (χ2v) is 4.91. The van der Waals surface area contributed by atoms with Crippen molar-refractivity contribution in [3.05, 3.63) is 47.2 Å². The van der Waals surface area contributed by atoms with Crippen molar-refractivity contribution in [2.45, 2.75) is 19.3 Å². The molecule has 0 saturated heterocycles. The maximum atomic E-state index is 12.2. The first-order chi connectivity index (χ1) is 10.3. The van der Waals surface area contributed by atoms with Gasteiger partial charge in [0, 0.05) is 17.8 Å². The molecule has 9 heteroatoms. The van der Waals surface area contributed by atoms with Gasteiger partial charge in [0.15, 0.2) is 0 Å². The van der Waals surface area contributed by atoms with Crippen LogP contribution in [0.5, 0.6) is 0 Å². The molecule has 2 amide bonds. The van der Waals surface area contributed by atoms with Crippen LogP contribution >= 0.6 is 11.6 Å². The fourth-order valence-corrected chi connectivity index (χ4v) is 1.78. The molecular formula is C13H12ClF3N4O. The molecule has 0 aliphatic carbocycles. The predicted octanol–water partition coefficient (Wildman–Crippen LogP) is 3.42. The van der Waals surface area contributed by atoms with Crippen LogP contribution in [0.2, 0.25) is 5.02 Å². The number of urea groups is 1. The Morgan fingerprint density at radius 3 is 2.59 bits per heavy atom. The standard InChI is InChI=1S/C13H12ClF3N4O/c14-10-3-1-9(2-4-10)5-18-12(22)20-11-6-19-21(7-11)8-13(15,16)17/h1-4,6-7H,5,8H2,(H2,18,20,22). The van der Waals surface area contributed by atoms with Crippen LogP contribution in [0.3, 0.4) is 0 Å². The Kier molecular flexibility index (Phi) is 4.92. The average Bonchev–Trinajstić information content (AvgIpc) is 2.83. The van der Waals surface area contributed by atoms with Gasteiger partial charge in [-0.3, -0.25) is 4.68 Å². The largest absolute Gasteiger partial charge is 0.408 e. The van der Waals surface area contributed by atoms with Gasteiger partial charge in [-0.05, 0) is 17.7 Å². The Balaban J connectivity index is 1.83. The van der Waals surface area contributed by atoms with E-state index in [-0.39, 0.29) is 12.2 Å². The molecule has 0 radical (unpaired) electrons. The number of rotatable bonds is 4. The second-order valence-electron chi connectivity index (χ2n) is 4.48. The van der Waals surface area contributed by atoms with E-state index in [9.17, 15) is 18.0 Å². The summed E-state index contributed by atoms with van der Waals surface area (Å²) in [4.78, 5) is 11.6. The third kappa shape index (κ3) is 5.28. The van der Waals surface area contributed by atoms with Crippen molar-refractivity contribution in [1.29, 1.82) is 0 Å². The number of anilines is 1. The van der Waals surface area contributed by atoms with Gasteiger partial charge >= 0.3 is 12.2 Å². The molecule has 0 saturated carbocycles. The van der Waals surface area contributed by atoms with Crippen molar-refractivity contribution in [2.24, 2.45) is 0 Å². The minimum Gasteiger partial charge on any atom is -0.334 e. The molecule has 2 aromatic rings. The average molecular weight is 333 g/mol. The molecule has 0 aliphatic rings. The zero-order valence-electron chi connectivity index (χ0n) is 11.2. The van der Waals surface area contributed by atoms with Crippen molar-refractivity contribution in [1.82, 2.24) is 15.1 Å². The van der Waals surface area contributed by atoms with Crippen molar-refractivity contribution in [2.75, 3.05) is 5.32 Å². The first-order valence-electron chi connectivity index (χ1n) is 6.20. The van der Waals surface area contributed by atoms with Crippen molar-refractivity contribution in [3.63, 3.8) is 0 Å². The van der Waals surface area contributed by atoms with Crippen LogP contribution in [0, 0.1) is 0 Å². The molecule has 2 N–H and O–H groups in total. The van der Waals surface area contributed by atoms with E-state index in [2.05, 4.69) is 15.7 Å². The van der Waals surface area contributed by atoms with Crippen LogP contribution < -0.4 is 10.6 Å². The SMILES string of the molecule is O=C(NCc1ccc(Cl)cc1)Nc1cnn(CC(F)(F)F)c1. The van der Waals surface area contributed by atoms with Gasteiger partial charge in [-0.25, -0.2) is 4.79 Å². The quantitative estimate of drug-likeness (QED) is 0.901. The van der Waals surface area contributed by atoms with Crippen LogP contribution in [0.25, 0.3) is 0 Å². The third-order valence-corrected chi connectivity index (χ3v) is 2.85. The van der Waals surface area contributed by atoms with Crippen LogP contribution in [-0.2, 0) is 13.1 Å². The number of hydrogen-bond donors (Lipinski definition) is 2. The highest BCUT2D eigenvalue weighted by Crippen LogP contribution is 2.18. The summed E-state index contributed by atoms with van der Waals surface area (Å²) in [5.41, 5.74) is 1.02. The number of nitrogens with one attached hydrogen (secondary N) is 2. The molecular weight excluding hydrogens is 321 g/mol. The Morgan fingerprint density at radius 2 is 1.95 bits per heavy atom. The number of benzene rings is 1. The molecule has 0 atom stereocenters. The Labute approximate surface area is 129 Å². The molecule has 1 aromatic carbocycles. The number of hydrogen-bond acceptors (Lipinski definition) is 2. The van der Waals surface area contributed by atoms with E-state index in [1.807, 2.05) is 0 Å². The predicted molar refractivity (Wildman–Crippen MR) is 75.6 cm³/mol. The molecule has 118 valence electrons. The summed E-state index contributed by atoms with van der Waals surface area (Å²) in [6.45, 7) is -0.944. The number of halogens is 4. The summed E-state index contributed by atoms with van der Waals surface area (Å²) in [6, 6.07) is 6.35. The molecule has 5 nitrogen and oxygen atoms in total. The van der Waals surface area contributed by atoms with Gasteiger partial charge in [0.05, 0.1) is 11.9 Å². The topological polar surface area (TPSA) is 59.0 Å². The van der Waals surface area contributed by atoms with Crippen LogP contribution in [0.1, 0.15) is 5.56 Å². The first kappa shape index (κ1) is 16.2. The van der Waals surface area contributed by atoms with E-state index >= 15 is 0 Å². The second kappa shape index (κ2) is 6.69. The highest BCUT2D eigenvalue weighted by atomic mass is 35.5. The lowest BCUT2D eigenvalue weighted by Crippen LogP contribution is -2.28. The molecule has 1 heterocycles. The summed E-state index contributed by atoms with van der Waals surface area (Å²) in [5.74, 6) is 0. The van der Waals surface area contributed by atoms with E-state index in [1.165, 1.54) is 0 Å². The summed E-state index contributed by atoms with van der Waals surface area (Å²) in [6.07, 6.45) is -2.11. The molecule has 0 unspecified atom stereocenters. The van der Waals surface area contributed by atoms with Gasteiger partial charge in [-0.15, -0.1) is 0 Å². The molecule has 0 spiro atoms. The number of amides is 2. The van der Waals surface area contributed by atoms with Crippen molar-refractivity contribution >= 4 is 23.3 Å². The number of alkyl halides is 3. The van der Waals surface area contributed by atoms with E-state index in [0.717, 1.165) is 18.0 Å². The van der Waals surface area contributed by atoms with E-state index in [0.29, 0.717) is 9.70 Å². The summed E-state index contributed by atoms with van der Waals surface area (Å²) in [5, 5.41) is 9.09. The van der Waals surface area contributed by atoms with E-state index in [1.54, 1.807) is 24.3 Å². The van der Waals surface area contributed by atoms with E-state index < -0.39 is 18.8 Å². The smallest absolute Gasteiger partial charge is 0.334 e. The summed E-state index contributed by atoms with van der Waals surface area (Å²) < 4.78 is 37.2. The van der Waals surface area contributed by atoms with Crippen LogP contribution in [0.4, 0.5) is 23.7 Å². The normalized spacial score (nSPS) is 11.3. The maximum Gasteiger partial charge on any atom is 0.408 e. The highest BCUT2D eigenvalue weighted by Gasteiger charge is 2.28. The minimum atomic E-state index is -4.36. The number of carbonyl (C=O) groups is 1. The van der Waals surface area contributed by atoms with Crippen LogP contribution in [0.15, 0.2) is 36.7 Å². The lowest BCUT2D eigenvalue weighted by molar-refractivity contribution is -0.142. The van der Waals surface area contributed by atoms with Crippen molar-refractivity contribution in [3.8, 4) is 0 Å². The van der Waals surface area contributed by atoms with Gasteiger partial charge in [0.1, 0.15) is 6.54 Å². The molecule has 0 bridgehead atoms. The number of carbonyl (C=O) groups excluding carboxylic acids is 1. The molecule has 0 fully saturated rings. The summed E-state index contributed by atoms with van der Waals surface area (Å²) >= 11 is 5.74. The molecule has 0 aliphatic heterocycles. The molecule has 22 heavy (non-hydrogen) atoms. The highest BCUT2D eigenvalue weighted by molar-refractivity contribution is 6.30. The Bertz CT molecular complexity index is 639.